The summed E-state index contributed by atoms with van der Waals surface area (Å²) in [6, 6.07) is -0.304. The number of amides is 1. The predicted octanol–water partition coefficient (Wildman–Crippen LogP) is 1.09. The normalized spacial score (nSPS) is 17.5. The van der Waals surface area contributed by atoms with Crippen LogP contribution in [0.3, 0.4) is 0 Å². The number of carbonyl (C=O) groups excluding carboxylic acids is 1. The summed E-state index contributed by atoms with van der Waals surface area (Å²) in [5, 5.41) is 0. The zero-order valence-electron chi connectivity index (χ0n) is 10.5. The lowest BCUT2D eigenvalue weighted by atomic mass is 10.1. The van der Waals surface area contributed by atoms with Crippen LogP contribution in [0, 0.1) is 0 Å². The van der Waals surface area contributed by atoms with Gasteiger partial charge < -0.3 is 15.2 Å². The van der Waals surface area contributed by atoms with Crippen molar-refractivity contribution in [3.8, 4) is 0 Å². The predicted molar refractivity (Wildman–Crippen MR) is 73.3 cm³/mol. The molecule has 0 bridgehead atoms. The molecule has 1 aromatic heterocycles. The van der Waals surface area contributed by atoms with Crippen molar-refractivity contribution in [2.75, 3.05) is 13.1 Å². The van der Waals surface area contributed by atoms with Gasteiger partial charge in [-0.05, 0) is 26.2 Å². The molecule has 0 aliphatic carbocycles. The van der Waals surface area contributed by atoms with Gasteiger partial charge >= 0.3 is 0 Å². The molecule has 2 heterocycles. The first-order valence-electron chi connectivity index (χ1n) is 6.22. The maximum atomic E-state index is 12.4. The van der Waals surface area contributed by atoms with E-state index in [1.807, 2.05) is 11.8 Å². The number of aromatic nitrogens is 2. The van der Waals surface area contributed by atoms with Crippen LogP contribution in [0.2, 0.25) is 0 Å². The van der Waals surface area contributed by atoms with Crippen molar-refractivity contribution in [1.29, 1.82) is 0 Å². The highest BCUT2D eigenvalue weighted by molar-refractivity contribution is 7.80. The van der Waals surface area contributed by atoms with Gasteiger partial charge in [-0.1, -0.05) is 12.2 Å². The van der Waals surface area contributed by atoms with E-state index in [2.05, 4.69) is 4.98 Å². The minimum absolute atomic E-state index is 0.116. The first kappa shape index (κ1) is 13.0. The van der Waals surface area contributed by atoms with Crippen LogP contribution in [0.4, 0.5) is 0 Å². The van der Waals surface area contributed by atoms with Gasteiger partial charge in [0.05, 0.1) is 0 Å². The molecule has 0 saturated carbocycles. The van der Waals surface area contributed by atoms with Crippen molar-refractivity contribution >= 4 is 23.1 Å². The topological polar surface area (TPSA) is 64.2 Å². The van der Waals surface area contributed by atoms with Crippen LogP contribution in [0.5, 0.6) is 0 Å². The second-order valence-electron chi connectivity index (χ2n) is 4.58. The Morgan fingerprint density at radius 1 is 1.44 bits per heavy atom. The molecule has 2 rings (SSSR count). The first-order valence-corrected chi connectivity index (χ1v) is 6.63. The molecule has 1 atom stereocenters. The van der Waals surface area contributed by atoms with E-state index in [-0.39, 0.29) is 16.9 Å². The molecule has 1 aromatic rings. The monoisotopic (exact) mass is 266 g/mol. The molecule has 5 nitrogen and oxygen atoms in total. The summed E-state index contributed by atoms with van der Waals surface area (Å²) in [5.41, 5.74) is 5.60. The maximum Gasteiger partial charge on any atom is 0.245 e. The van der Waals surface area contributed by atoms with E-state index in [9.17, 15) is 4.79 Å². The fourth-order valence-electron chi connectivity index (χ4n) is 2.31. The van der Waals surface area contributed by atoms with Crippen LogP contribution in [0.1, 0.15) is 38.1 Å². The van der Waals surface area contributed by atoms with E-state index in [4.69, 9.17) is 18.0 Å². The molecule has 6 heteroatoms. The number of hydrogen-bond donors (Lipinski definition) is 1. The van der Waals surface area contributed by atoms with Crippen molar-refractivity contribution in [2.45, 2.75) is 32.2 Å². The van der Waals surface area contributed by atoms with Crippen LogP contribution >= 0.6 is 12.2 Å². The van der Waals surface area contributed by atoms with Crippen molar-refractivity contribution in [3.63, 3.8) is 0 Å². The molecule has 1 amide bonds. The summed E-state index contributed by atoms with van der Waals surface area (Å²) in [4.78, 5) is 18.6. The van der Waals surface area contributed by atoms with Gasteiger partial charge in [0.25, 0.3) is 0 Å². The molecular formula is C12H18N4OS. The van der Waals surface area contributed by atoms with Gasteiger partial charge in [-0.3, -0.25) is 4.79 Å². The lowest BCUT2D eigenvalue weighted by Crippen LogP contribution is -2.40. The quantitative estimate of drug-likeness (QED) is 0.832. The number of nitrogens with zero attached hydrogens (tertiary/aromatic N) is 3. The molecule has 18 heavy (non-hydrogen) atoms. The van der Waals surface area contributed by atoms with Crippen LogP contribution < -0.4 is 5.73 Å². The number of rotatable bonds is 3. The van der Waals surface area contributed by atoms with Crippen LogP contribution in [-0.4, -0.2) is 38.4 Å². The number of nitrogens with two attached hydrogens (primary N) is 1. The van der Waals surface area contributed by atoms with E-state index in [0.717, 1.165) is 25.9 Å². The van der Waals surface area contributed by atoms with Crippen molar-refractivity contribution in [3.05, 3.63) is 18.2 Å². The fourth-order valence-corrected chi connectivity index (χ4v) is 2.47. The van der Waals surface area contributed by atoms with Gasteiger partial charge in [-0.2, -0.15) is 0 Å². The summed E-state index contributed by atoms with van der Waals surface area (Å²) < 4.78 is 1.75. The SMILES string of the molecule is CC(C(=O)N1CCCCC1)n1ccnc1C(N)=S. The van der Waals surface area contributed by atoms with Crippen LogP contribution in [-0.2, 0) is 4.79 Å². The highest BCUT2D eigenvalue weighted by Gasteiger charge is 2.25. The van der Waals surface area contributed by atoms with Crippen molar-refractivity contribution < 1.29 is 4.79 Å². The highest BCUT2D eigenvalue weighted by Crippen LogP contribution is 2.17. The molecule has 1 saturated heterocycles. The van der Waals surface area contributed by atoms with E-state index in [0.29, 0.717) is 5.82 Å². The lowest BCUT2D eigenvalue weighted by Gasteiger charge is -2.30. The smallest absolute Gasteiger partial charge is 0.245 e. The largest absolute Gasteiger partial charge is 0.387 e. The second-order valence-corrected chi connectivity index (χ2v) is 5.02. The number of carbonyl (C=O) groups is 1. The Balaban J connectivity index is 2.14. The number of hydrogen-bond acceptors (Lipinski definition) is 3. The number of likely N-dealkylation sites (tertiary alicyclic amines) is 1. The molecule has 0 spiro atoms. The molecule has 98 valence electrons. The zero-order chi connectivity index (χ0) is 13.1. The molecule has 0 aromatic carbocycles. The number of thiocarbonyl (C=S) groups is 1. The molecule has 0 radical (unpaired) electrons. The minimum Gasteiger partial charge on any atom is -0.387 e. The first-order chi connectivity index (χ1) is 8.61. The standard InChI is InChI=1S/C12H18N4OS/c1-9(12(17)15-6-3-2-4-7-15)16-8-5-14-11(16)10(13)18/h5,8-9H,2-4,6-7H2,1H3,(H2,13,18). The van der Waals surface area contributed by atoms with Gasteiger partial charge in [0, 0.05) is 25.5 Å². The summed E-state index contributed by atoms with van der Waals surface area (Å²) in [7, 11) is 0. The van der Waals surface area contributed by atoms with E-state index >= 15 is 0 Å². The number of imidazole rings is 1. The van der Waals surface area contributed by atoms with Gasteiger partial charge in [0.15, 0.2) is 5.82 Å². The van der Waals surface area contributed by atoms with E-state index < -0.39 is 0 Å². The Kier molecular flexibility index (Phi) is 3.96. The van der Waals surface area contributed by atoms with Crippen molar-refractivity contribution in [1.82, 2.24) is 14.5 Å². The van der Waals surface area contributed by atoms with Crippen LogP contribution in [0.25, 0.3) is 0 Å². The van der Waals surface area contributed by atoms with E-state index in [1.54, 1.807) is 17.0 Å². The third-order valence-corrected chi connectivity index (χ3v) is 3.51. The Labute approximate surface area is 112 Å². The summed E-state index contributed by atoms with van der Waals surface area (Å²) in [6.07, 6.45) is 6.76. The molecule has 1 aliphatic rings. The third-order valence-electron chi connectivity index (χ3n) is 3.33. The van der Waals surface area contributed by atoms with E-state index in [1.165, 1.54) is 6.42 Å². The third kappa shape index (κ3) is 2.53. The van der Waals surface area contributed by atoms with Gasteiger partial charge in [0.1, 0.15) is 11.0 Å². The average molecular weight is 266 g/mol. The molecule has 1 fully saturated rings. The highest BCUT2D eigenvalue weighted by atomic mass is 32.1. The maximum absolute atomic E-state index is 12.4. The average Bonchev–Trinajstić information content (AvgIpc) is 2.87. The molecular weight excluding hydrogens is 248 g/mol. The van der Waals surface area contributed by atoms with Crippen LogP contribution in [0.15, 0.2) is 12.4 Å². The Bertz CT molecular complexity index is 451. The van der Waals surface area contributed by atoms with Gasteiger partial charge in [-0.15, -0.1) is 0 Å². The Morgan fingerprint density at radius 2 is 2.11 bits per heavy atom. The van der Waals surface area contributed by atoms with Crippen molar-refractivity contribution in [2.24, 2.45) is 5.73 Å². The van der Waals surface area contributed by atoms with Gasteiger partial charge in [0.2, 0.25) is 5.91 Å². The Hall–Kier alpha value is -1.43. The molecule has 1 unspecified atom stereocenters. The number of piperidine rings is 1. The lowest BCUT2D eigenvalue weighted by molar-refractivity contribution is -0.135. The minimum atomic E-state index is -0.304. The second kappa shape index (κ2) is 5.48. The summed E-state index contributed by atoms with van der Waals surface area (Å²) in [5.74, 6) is 0.619. The molecule has 1 aliphatic heterocycles. The fraction of sp³-hybridized carbons (Fsp3) is 0.583. The Morgan fingerprint density at radius 3 is 2.72 bits per heavy atom. The van der Waals surface area contributed by atoms with Gasteiger partial charge in [-0.25, -0.2) is 4.98 Å². The molecule has 2 N–H and O–H groups in total. The summed E-state index contributed by atoms with van der Waals surface area (Å²) >= 11 is 4.94. The zero-order valence-corrected chi connectivity index (χ0v) is 11.3. The summed E-state index contributed by atoms with van der Waals surface area (Å²) in [6.45, 7) is 3.56.